The van der Waals surface area contributed by atoms with Gasteiger partial charge in [0.15, 0.2) is 0 Å². The fraction of sp³-hybridized carbons (Fsp3) is 0.409. The number of para-hydroxylation sites is 1. The predicted octanol–water partition coefficient (Wildman–Crippen LogP) is 4.15. The first-order chi connectivity index (χ1) is 13.8. The second-order valence-electron chi connectivity index (χ2n) is 8.10. The van der Waals surface area contributed by atoms with E-state index in [1.807, 2.05) is 19.1 Å². The molecule has 2 aliphatic rings. The van der Waals surface area contributed by atoms with E-state index in [0.29, 0.717) is 22.5 Å². The standard InChI is InChI=1S/C22H25ClN2O3S/c1-15-4-2-3-5-21(15)25(29(27,28)19-10-8-18(23)9-11-19)14-22(26)24-20-13-16-6-7-17(20)12-16/h2-5,8-11,16-17,20H,6-7,12-14H2,1H3,(H,24,26)/t16-,17-,20+/m0/s1. The van der Waals surface area contributed by atoms with E-state index in [4.69, 9.17) is 11.6 Å². The zero-order chi connectivity index (χ0) is 20.6. The van der Waals surface area contributed by atoms with Crippen LogP contribution < -0.4 is 9.62 Å². The zero-order valence-corrected chi connectivity index (χ0v) is 17.9. The number of amides is 1. The molecule has 0 aliphatic heterocycles. The maximum atomic E-state index is 13.4. The Balaban J connectivity index is 1.61. The second kappa shape index (κ2) is 8.00. The Hall–Kier alpha value is -2.05. The third kappa shape index (κ3) is 4.14. The summed E-state index contributed by atoms with van der Waals surface area (Å²) >= 11 is 5.92. The number of benzene rings is 2. The molecule has 7 heteroatoms. The summed E-state index contributed by atoms with van der Waals surface area (Å²) in [7, 11) is -3.92. The molecular weight excluding hydrogens is 408 g/mol. The van der Waals surface area contributed by atoms with Crippen LogP contribution in [0.15, 0.2) is 53.4 Å². The van der Waals surface area contributed by atoms with Crippen LogP contribution in [0.3, 0.4) is 0 Å². The van der Waals surface area contributed by atoms with Crippen LogP contribution in [0.2, 0.25) is 5.02 Å². The number of anilines is 1. The number of carbonyl (C=O) groups excluding carboxylic acids is 1. The number of sulfonamides is 1. The Morgan fingerprint density at radius 1 is 1.10 bits per heavy atom. The van der Waals surface area contributed by atoms with Crippen LogP contribution in [-0.4, -0.2) is 26.9 Å². The van der Waals surface area contributed by atoms with Gasteiger partial charge < -0.3 is 5.32 Å². The van der Waals surface area contributed by atoms with Crippen molar-refractivity contribution in [2.45, 2.75) is 43.5 Å². The third-order valence-electron chi connectivity index (χ3n) is 6.16. The lowest BCUT2D eigenvalue weighted by Gasteiger charge is -2.28. The Morgan fingerprint density at radius 3 is 2.45 bits per heavy atom. The lowest BCUT2D eigenvalue weighted by Crippen LogP contribution is -2.46. The number of hydrogen-bond acceptors (Lipinski definition) is 3. The molecular formula is C22H25ClN2O3S. The van der Waals surface area contributed by atoms with E-state index in [1.54, 1.807) is 24.3 Å². The lowest BCUT2D eigenvalue weighted by molar-refractivity contribution is -0.120. The van der Waals surface area contributed by atoms with Crippen LogP contribution in [0.5, 0.6) is 0 Å². The molecule has 2 fully saturated rings. The molecule has 4 rings (SSSR count). The molecule has 2 aliphatic carbocycles. The van der Waals surface area contributed by atoms with Gasteiger partial charge in [-0.2, -0.15) is 0 Å². The minimum Gasteiger partial charge on any atom is -0.352 e. The van der Waals surface area contributed by atoms with E-state index in [0.717, 1.165) is 18.4 Å². The van der Waals surface area contributed by atoms with Gasteiger partial charge in [-0.1, -0.05) is 36.2 Å². The molecule has 0 heterocycles. The van der Waals surface area contributed by atoms with Gasteiger partial charge >= 0.3 is 0 Å². The Morgan fingerprint density at radius 2 is 1.83 bits per heavy atom. The lowest BCUT2D eigenvalue weighted by atomic mass is 9.95. The van der Waals surface area contributed by atoms with Gasteiger partial charge in [-0.15, -0.1) is 0 Å². The summed E-state index contributed by atoms with van der Waals surface area (Å²) in [6, 6.07) is 13.4. The van der Waals surface area contributed by atoms with Gasteiger partial charge in [0.1, 0.15) is 6.54 Å². The monoisotopic (exact) mass is 432 g/mol. The average molecular weight is 433 g/mol. The zero-order valence-electron chi connectivity index (χ0n) is 16.3. The van der Waals surface area contributed by atoms with Crippen LogP contribution in [0.25, 0.3) is 0 Å². The van der Waals surface area contributed by atoms with E-state index in [-0.39, 0.29) is 23.4 Å². The summed E-state index contributed by atoms with van der Waals surface area (Å²) in [6.07, 6.45) is 4.58. The van der Waals surface area contributed by atoms with Crippen molar-refractivity contribution in [3.8, 4) is 0 Å². The Labute approximate surface area is 177 Å². The first-order valence-electron chi connectivity index (χ1n) is 9.98. The summed E-state index contributed by atoms with van der Waals surface area (Å²) in [5.74, 6) is 0.975. The van der Waals surface area contributed by atoms with Gasteiger partial charge in [-0.05, 0) is 73.9 Å². The minimum absolute atomic E-state index is 0.109. The van der Waals surface area contributed by atoms with Crippen molar-refractivity contribution in [3.63, 3.8) is 0 Å². The molecule has 0 saturated heterocycles. The SMILES string of the molecule is Cc1ccccc1N(CC(=O)N[C@@H]1C[C@H]2CC[C@H]1C2)S(=O)(=O)c1ccc(Cl)cc1. The van der Waals surface area contributed by atoms with Gasteiger partial charge in [0, 0.05) is 11.1 Å². The van der Waals surface area contributed by atoms with Gasteiger partial charge in [0.2, 0.25) is 5.91 Å². The molecule has 2 aromatic rings. The van der Waals surface area contributed by atoms with Crippen molar-refractivity contribution in [2.24, 2.45) is 11.8 Å². The highest BCUT2D eigenvalue weighted by atomic mass is 35.5. The molecule has 1 N–H and O–H groups in total. The normalized spacial score (nSPS) is 23.2. The third-order valence-corrected chi connectivity index (χ3v) is 8.18. The first-order valence-corrected chi connectivity index (χ1v) is 11.8. The fourth-order valence-corrected chi connectivity index (χ4v) is 6.29. The van der Waals surface area contributed by atoms with E-state index < -0.39 is 10.0 Å². The molecule has 2 bridgehead atoms. The number of carbonyl (C=O) groups is 1. The molecule has 154 valence electrons. The van der Waals surface area contributed by atoms with Crippen LogP contribution >= 0.6 is 11.6 Å². The molecule has 0 spiro atoms. The van der Waals surface area contributed by atoms with Gasteiger partial charge in [0.05, 0.1) is 10.6 Å². The number of fused-ring (bicyclic) bond motifs is 2. The molecule has 3 atom stereocenters. The first kappa shape index (κ1) is 20.2. The van der Waals surface area contributed by atoms with Crippen LogP contribution in [0, 0.1) is 18.8 Å². The maximum Gasteiger partial charge on any atom is 0.264 e. The summed E-state index contributed by atoms with van der Waals surface area (Å²) < 4.78 is 28.0. The van der Waals surface area contributed by atoms with Crippen LogP contribution in [0.4, 0.5) is 5.69 Å². The highest BCUT2D eigenvalue weighted by Gasteiger charge is 2.40. The molecule has 1 amide bonds. The summed E-state index contributed by atoms with van der Waals surface area (Å²) in [5.41, 5.74) is 1.29. The molecule has 0 unspecified atom stereocenters. The number of hydrogen-bond donors (Lipinski definition) is 1. The van der Waals surface area contributed by atoms with Crippen LogP contribution in [-0.2, 0) is 14.8 Å². The largest absolute Gasteiger partial charge is 0.352 e. The van der Waals surface area contributed by atoms with E-state index in [2.05, 4.69) is 5.32 Å². The van der Waals surface area contributed by atoms with E-state index >= 15 is 0 Å². The number of aryl methyl sites for hydroxylation is 1. The van der Waals surface area contributed by atoms with Gasteiger partial charge in [-0.25, -0.2) is 8.42 Å². The van der Waals surface area contributed by atoms with Crippen molar-refractivity contribution in [2.75, 3.05) is 10.8 Å². The number of rotatable bonds is 6. The van der Waals surface area contributed by atoms with E-state index in [1.165, 1.54) is 29.3 Å². The highest BCUT2D eigenvalue weighted by Crippen LogP contribution is 2.44. The number of halogens is 1. The van der Waals surface area contributed by atoms with E-state index in [9.17, 15) is 13.2 Å². The summed E-state index contributed by atoms with van der Waals surface area (Å²) in [4.78, 5) is 13.0. The smallest absolute Gasteiger partial charge is 0.264 e. The molecule has 29 heavy (non-hydrogen) atoms. The topological polar surface area (TPSA) is 66.5 Å². The van der Waals surface area contributed by atoms with Crippen molar-refractivity contribution in [3.05, 3.63) is 59.1 Å². The van der Waals surface area contributed by atoms with Gasteiger partial charge in [-0.3, -0.25) is 9.10 Å². The molecule has 5 nitrogen and oxygen atoms in total. The Bertz CT molecular complexity index is 1010. The number of nitrogens with zero attached hydrogens (tertiary/aromatic N) is 1. The summed E-state index contributed by atoms with van der Waals surface area (Å²) in [5, 5.41) is 3.56. The van der Waals surface area contributed by atoms with Gasteiger partial charge in [0.25, 0.3) is 10.0 Å². The molecule has 0 radical (unpaired) electrons. The minimum atomic E-state index is -3.92. The highest BCUT2D eigenvalue weighted by molar-refractivity contribution is 7.92. The molecule has 0 aromatic heterocycles. The second-order valence-corrected chi connectivity index (χ2v) is 10.4. The fourth-order valence-electron chi connectivity index (χ4n) is 4.68. The average Bonchev–Trinajstić information content (AvgIpc) is 3.30. The van der Waals surface area contributed by atoms with Crippen molar-refractivity contribution in [1.82, 2.24) is 5.32 Å². The molecule has 2 saturated carbocycles. The van der Waals surface area contributed by atoms with Crippen molar-refractivity contribution < 1.29 is 13.2 Å². The maximum absolute atomic E-state index is 13.4. The molecule has 2 aromatic carbocycles. The Kier molecular flexibility index (Phi) is 5.58. The summed E-state index contributed by atoms with van der Waals surface area (Å²) in [6.45, 7) is 1.59. The van der Waals surface area contributed by atoms with Crippen molar-refractivity contribution in [1.29, 1.82) is 0 Å². The van der Waals surface area contributed by atoms with Crippen molar-refractivity contribution >= 4 is 33.2 Å². The predicted molar refractivity (Wildman–Crippen MR) is 115 cm³/mol. The number of nitrogens with one attached hydrogen (secondary N) is 1. The van der Waals surface area contributed by atoms with Crippen LogP contribution in [0.1, 0.15) is 31.2 Å². The quantitative estimate of drug-likeness (QED) is 0.745.